The van der Waals surface area contributed by atoms with Crippen LogP contribution in [-0.2, 0) is 20.9 Å². The molecule has 2 bridgehead atoms. The van der Waals surface area contributed by atoms with E-state index in [9.17, 15) is 9.59 Å². The smallest absolute Gasteiger partial charge is 0.320 e. The highest BCUT2D eigenvalue weighted by atomic mass is 16.5. The van der Waals surface area contributed by atoms with Crippen LogP contribution in [0.15, 0.2) is 24.3 Å². The number of benzene rings is 1. The van der Waals surface area contributed by atoms with Crippen molar-refractivity contribution in [1.29, 1.82) is 0 Å². The van der Waals surface area contributed by atoms with E-state index in [1.807, 2.05) is 24.3 Å². The number of piperidine rings is 1. The maximum atomic E-state index is 12.5. The van der Waals surface area contributed by atoms with Gasteiger partial charge in [0.2, 0.25) is 0 Å². The number of fused-ring (bicyclic) bond motifs is 2. The van der Waals surface area contributed by atoms with Crippen LogP contribution < -0.4 is 4.74 Å². The van der Waals surface area contributed by atoms with Gasteiger partial charge in [0.25, 0.3) is 0 Å². The number of Topliss-reactive ketones (excluding diaryl/α,β-unsaturated/α-hetero) is 1. The minimum atomic E-state index is -1.05. The van der Waals surface area contributed by atoms with Gasteiger partial charge < -0.3 is 9.47 Å². The maximum Gasteiger partial charge on any atom is 0.320 e. The van der Waals surface area contributed by atoms with Gasteiger partial charge in [0, 0.05) is 25.0 Å². The Kier molecular flexibility index (Phi) is 4.15. The van der Waals surface area contributed by atoms with E-state index >= 15 is 0 Å². The molecule has 5 nitrogen and oxygen atoms in total. The van der Waals surface area contributed by atoms with Crippen molar-refractivity contribution >= 4 is 11.8 Å². The van der Waals surface area contributed by atoms with Crippen molar-refractivity contribution in [3.63, 3.8) is 0 Å². The van der Waals surface area contributed by atoms with E-state index < -0.39 is 11.4 Å². The van der Waals surface area contributed by atoms with Gasteiger partial charge in [-0.1, -0.05) is 12.1 Å². The van der Waals surface area contributed by atoms with E-state index in [-0.39, 0.29) is 17.9 Å². The number of nitrogens with zero attached hydrogens (tertiary/aromatic N) is 1. The molecule has 2 heterocycles. The van der Waals surface area contributed by atoms with Gasteiger partial charge in [-0.15, -0.1) is 0 Å². The molecule has 3 rings (SSSR count). The standard InChI is InChI=1S/C18H23NO4/c1-18(17(21)23-3)15-8-7-13(10-16(18)20)19(15)11-12-5-4-6-14(9-12)22-2/h4-6,9,13,15H,7-8,10-11H2,1-3H3/t13-,15+,18+/m1/s1. The van der Waals surface area contributed by atoms with E-state index in [4.69, 9.17) is 9.47 Å². The normalized spacial score (nSPS) is 30.3. The highest BCUT2D eigenvalue weighted by molar-refractivity contribution is 6.05. The quantitative estimate of drug-likeness (QED) is 0.629. The highest BCUT2D eigenvalue weighted by Gasteiger charge is 2.58. The van der Waals surface area contributed by atoms with Crippen molar-refractivity contribution in [1.82, 2.24) is 4.90 Å². The molecule has 2 fully saturated rings. The van der Waals surface area contributed by atoms with Crippen molar-refractivity contribution in [2.75, 3.05) is 14.2 Å². The number of hydrogen-bond acceptors (Lipinski definition) is 5. The number of methoxy groups -OCH3 is 2. The van der Waals surface area contributed by atoms with Crippen molar-refractivity contribution in [3.8, 4) is 5.75 Å². The lowest BCUT2D eigenvalue weighted by molar-refractivity contribution is -0.165. The van der Waals surface area contributed by atoms with E-state index in [0.717, 1.165) is 24.2 Å². The van der Waals surface area contributed by atoms with Gasteiger partial charge in [-0.05, 0) is 37.5 Å². The Balaban J connectivity index is 1.88. The van der Waals surface area contributed by atoms with Crippen LogP contribution in [0.25, 0.3) is 0 Å². The van der Waals surface area contributed by atoms with Crippen LogP contribution in [0.1, 0.15) is 31.7 Å². The van der Waals surface area contributed by atoms with Crippen LogP contribution in [0.4, 0.5) is 0 Å². The van der Waals surface area contributed by atoms with Crippen LogP contribution in [-0.4, -0.2) is 43.0 Å². The molecule has 124 valence electrons. The van der Waals surface area contributed by atoms with Gasteiger partial charge in [-0.25, -0.2) is 0 Å². The Labute approximate surface area is 136 Å². The average Bonchev–Trinajstić information content (AvgIpc) is 2.89. The fourth-order valence-electron chi connectivity index (χ4n) is 4.07. The predicted octanol–water partition coefficient (Wildman–Crippen LogP) is 2.18. The zero-order valence-electron chi connectivity index (χ0n) is 13.9. The molecule has 1 aromatic carbocycles. The molecule has 0 spiro atoms. The van der Waals surface area contributed by atoms with Crippen molar-refractivity contribution in [3.05, 3.63) is 29.8 Å². The summed E-state index contributed by atoms with van der Waals surface area (Å²) >= 11 is 0. The lowest BCUT2D eigenvalue weighted by Gasteiger charge is -2.43. The van der Waals surface area contributed by atoms with E-state index in [1.54, 1.807) is 14.0 Å². The summed E-state index contributed by atoms with van der Waals surface area (Å²) in [6, 6.07) is 8.06. The molecule has 0 amide bonds. The van der Waals surface area contributed by atoms with E-state index in [1.165, 1.54) is 7.11 Å². The minimum absolute atomic E-state index is 0.0127. The van der Waals surface area contributed by atoms with Gasteiger partial charge in [-0.3, -0.25) is 14.5 Å². The summed E-state index contributed by atoms with van der Waals surface area (Å²) in [5, 5.41) is 0. The van der Waals surface area contributed by atoms with Crippen LogP contribution >= 0.6 is 0 Å². The van der Waals surface area contributed by atoms with Crippen LogP contribution in [0.5, 0.6) is 5.75 Å². The fraction of sp³-hybridized carbons (Fsp3) is 0.556. The lowest BCUT2D eigenvalue weighted by Crippen LogP contribution is -2.58. The molecule has 5 heteroatoms. The molecular formula is C18H23NO4. The molecule has 2 saturated heterocycles. The number of carbonyl (C=O) groups is 2. The second-order valence-corrected chi connectivity index (χ2v) is 6.59. The van der Waals surface area contributed by atoms with E-state index in [0.29, 0.717) is 13.0 Å². The van der Waals surface area contributed by atoms with Crippen molar-refractivity contribution in [2.24, 2.45) is 5.41 Å². The van der Waals surface area contributed by atoms with Gasteiger partial charge in [0.1, 0.15) is 11.2 Å². The Morgan fingerprint density at radius 3 is 2.83 bits per heavy atom. The third kappa shape index (κ3) is 2.53. The molecule has 0 aromatic heterocycles. The molecule has 1 aromatic rings. The monoisotopic (exact) mass is 317 g/mol. The minimum Gasteiger partial charge on any atom is -0.497 e. The third-order valence-corrected chi connectivity index (χ3v) is 5.42. The number of carbonyl (C=O) groups excluding carboxylic acids is 2. The Morgan fingerprint density at radius 1 is 1.35 bits per heavy atom. The number of rotatable bonds is 4. The highest BCUT2D eigenvalue weighted by Crippen LogP contribution is 2.45. The lowest BCUT2D eigenvalue weighted by atomic mass is 9.74. The molecule has 0 aliphatic carbocycles. The summed E-state index contributed by atoms with van der Waals surface area (Å²) in [6.45, 7) is 2.46. The molecule has 2 aliphatic heterocycles. The number of ketones is 1. The predicted molar refractivity (Wildman–Crippen MR) is 85.1 cm³/mol. The SMILES string of the molecule is COC(=O)[C@]1(C)C(=O)C[C@H]2CC[C@@H]1N2Cc1cccc(OC)c1. The molecule has 23 heavy (non-hydrogen) atoms. The molecule has 0 saturated carbocycles. The van der Waals surface area contributed by atoms with Crippen LogP contribution in [0.3, 0.4) is 0 Å². The number of ether oxygens (including phenoxy) is 2. The molecular weight excluding hydrogens is 294 g/mol. The summed E-state index contributed by atoms with van der Waals surface area (Å²) in [7, 11) is 3.00. The second kappa shape index (κ2) is 5.96. The fourth-order valence-corrected chi connectivity index (χ4v) is 4.07. The Bertz CT molecular complexity index is 629. The zero-order valence-corrected chi connectivity index (χ0v) is 13.9. The first-order valence-corrected chi connectivity index (χ1v) is 8.01. The zero-order chi connectivity index (χ0) is 16.6. The van der Waals surface area contributed by atoms with Gasteiger partial charge >= 0.3 is 5.97 Å². The van der Waals surface area contributed by atoms with Crippen LogP contribution in [0, 0.1) is 5.41 Å². The summed E-state index contributed by atoms with van der Waals surface area (Å²) in [4.78, 5) is 27.1. The van der Waals surface area contributed by atoms with Crippen molar-refractivity contribution < 1.29 is 19.1 Å². The first kappa shape index (κ1) is 16.0. The molecule has 0 unspecified atom stereocenters. The molecule has 0 N–H and O–H groups in total. The van der Waals surface area contributed by atoms with E-state index in [2.05, 4.69) is 4.90 Å². The molecule has 0 radical (unpaired) electrons. The Hall–Kier alpha value is -1.88. The van der Waals surface area contributed by atoms with Crippen molar-refractivity contribution in [2.45, 2.75) is 44.8 Å². The van der Waals surface area contributed by atoms with Gasteiger partial charge in [-0.2, -0.15) is 0 Å². The summed E-state index contributed by atoms with van der Waals surface area (Å²) in [6.07, 6.45) is 2.23. The average molecular weight is 317 g/mol. The number of esters is 1. The third-order valence-electron chi connectivity index (χ3n) is 5.42. The second-order valence-electron chi connectivity index (χ2n) is 6.59. The summed E-state index contributed by atoms with van der Waals surface area (Å²) < 4.78 is 10.2. The topological polar surface area (TPSA) is 55.8 Å². The first-order chi connectivity index (χ1) is 11.0. The van der Waals surface area contributed by atoms with Gasteiger partial charge in [0.15, 0.2) is 5.78 Å². The first-order valence-electron chi connectivity index (χ1n) is 8.01. The van der Waals surface area contributed by atoms with Crippen LogP contribution in [0.2, 0.25) is 0 Å². The molecule has 3 atom stereocenters. The summed E-state index contributed by atoms with van der Waals surface area (Å²) in [5.41, 5.74) is 0.0727. The Morgan fingerprint density at radius 2 is 2.13 bits per heavy atom. The largest absolute Gasteiger partial charge is 0.497 e. The summed E-state index contributed by atoms with van der Waals surface area (Å²) in [5.74, 6) is 0.417. The number of hydrogen-bond donors (Lipinski definition) is 0. The van der Waals surface area contributed by atoms with Gasteiger partial charge in [0.05, 0.1) is 14.2 Å². The molecule has 2 aliphatic rings. The maximum absolute atomic E-state index is 12.5.